The van der Waals surface area contributed by atoms with Crippen LogP contribution in [0.25, 0.3) is 22.4 Å². The molecular weight excluding hydrogens is 334 g/mol. The van der Waals surface area contributed by atoms with Gasteiger partial charge in [0, 0.05) is 35.6 Å². The SMILES string of the molecule is Cc1nn(CC(=O)O)c(C)c1-c1cc(-c2cnn(C)c2)c(C#N)c(N)n1. The first kappa shape index (κ1) is 17.2. The second-order valence-corrected chi connectivity index (χ2v) is 5.93. The third-order valence-corrected chi connectivity index (χ3v) is 4.10. The molecule has 0 atom stereocenters. The molecule has 0 spiro atoms. The van der Waals surface area contributed by atoms with Crippen molar-refractivity contribution < 1.29 is 9.90 Å². The molecule has 26 heavy (non-hydrogen) atoms. The van der Waals surface area contributed by atoms with Gasteiger partial charge in [-0.25, -0.2) is 4.98 Å². The molecular formula is C17H17N7O2. The van der Waals surface area contributed by atoms with Crippen LogP contribution in [0, 0.1) is 25.2 Å². The summed E-state index contributed by atoms with van der Waals surface area (Å²) >= 11 is 0. The van der Waals surface area contributed by atoms with E-state index in [9.17, 15) is 10.1 Å². The molecule has 3 aromatic heterocycles. The van der Waals surface area contributed by atoms with Gasteiger partial charge < -0.3 is 10.8 Å². The van der Waals surface area contributed by atoms with Crippen LogP contribution in [0.4, 0.5) is 5.82 Å². The van der Waals surface area contributed by atoms with E-state index in [1.807, 2.05) is 0 Å². The highest BCUT2D eigenvalue weighted by Crippen LogP contribution is 2.33. The standard InChI is InChI=1S/C17H17N7O2/c1-9-16(10(2)24(22-9)8-15(25)26)14-4-12(11-6-20-23(3)7-11)13(5-18)17(19)21-14/h4,6-7H,8H2,1-3H3,(H2,19,21)(H,25,26). The Morgan fingerprint density at radius 2 is 2.15 bits per heavy atom. The van der Waals surface area contributed by atoms with Crippen molar-refractivity contribution in [1.82, 2.24) is 24.5 Å². The monoisotopic (exact) mass is 351 g/mol. The normalized spacial score (nSPS) is 10.7. The van der Waals surface area contributed by atoms with Crippen molar-refractivity contribution >= 4 is 11.8 Å². The molecule has 0 aliphatic carbocycles. The summed E-state index contributed by atoms with van der Waals surface area (Å²) in [5.41, 5.74) is 10.2. The molecule has 0 bridgehead atoms. The Hall–Kier alpha value is -3.67. The maximum absolute atomic E-state index is 11.0. The summed E-state index contributed by atoms with van der Waals surface area (Å²) in [4.78, 5) is 15.4. The van der Waals surface area contributed by atoms with Gasteiger partial charge in [0.25, 0.3) is 0 Å². The maximum atomic E-state index is 11.0. The Balaban J connectivity index is 2.22. The zero-order chi connectivity index (χ0) is 19.0. The lowest BCUT2D eigenvalue weighted by Gasteiger charge is -2.09. The van der Waals surface area contributed by atoms with Crippen LogP contribution in [0.2, 0.25) is 0 Å². The highest BCUT2D eigenvalue weighted by Gasteiger charge is 2.20. The van der Waals surface area contributed by atoms with Crippen molar-refractivity contribution in [2.45, 2.75) is 20.4 Å². The quantitative estimate of drug-likeness (QED) is 0.727. The molecule has 0 saturated carbocycles. The van der Waals surface area contributed by atoms with Crippen molar-refractivity contribution in [3.8, 4) is 28.5 Å². The van der Waals surface area contributed by atoms with Crippen LogP contribution < -0.4 is 5.73 Å². The number of carboxylic acid groups (broad SMARTS) is 1. The third kappa shape index (κ3) is 2.88. The van der Waals surface area contributed by atoms with Crippen molar-refractivity contribution in [3.05, 3.63) is 35.4 Å². The van der Waals surface area contributed by atoms with Crippen LogP contribution in [0.3, 0.4) is 0 Å². The van der Waals surface area contributed by atoms with Gasteiger partial charge in [-0.15, -0.1) is 0 Å². The van der Waals surface area contributed by atoms with E-state index in [0.717, 1.165) is 5.56 Å². The van der Waals surface area contributed by atoms with Gasteiger partial charge in [0.1, 0.15) is 24.0 Å². The van der Waals surface area contributed by atoms with Gasteiger partial charge in [-0.2, -0.15) is 15.5 Å². The van der Waals surface area contributed by atoms with Crippen LogP contribution >= 0.6 is 0 Å². The smallest absolute Gasteiger partial charge is 0.325 e. The fourth-order valence-corrected chi connectivity index (χ4v) is 2.95. The average molecular weight is 351 g/mol. The molecule has 0 saturated heterocycles. The maximum Gasteiger partial charge on any atom is 0.325 e. The van der Waals surface area contributed by atoms with Crippen LogP contribution in [0.15, 0.2) is 18.5 Å². The summed E-state index contributed by atoms with van der Waals surface area (Å²) in [5.74, 6) is -0.876. The minimum absolute atomic E-state index is 0.105. The molecule has 9 heteroatoms. The van der Waals surface area contributed by atoms with Crippen molar-refractivity contribution in [3.63, 3.8) is 0 Å². The molecule has 0 amide bonds. The summed E-state index contributed by atoms with van der Waals surface area (Å²) in [6, 6.07) is 3.85. The Morgan fingerprint density at radius 1 is 1.42 bits per heavy atom. The van der Waals surface area contributed by atoms with E-state index in [4.69, 9.17) is 10.8 Å². The number of anilines is 1. The van der Waals surface area contributed by atoms with Crippen LogP contribution in [0.5, 0.6) is 0 Å². The fraction of sp³-hybridized carbons (Fsp3) is 0.235. The summed E-state index contributed by atoms with van der Waals surface area (Å²) < 4.78 is 3.04. The lowest BCUT2D eigenvalue weighted by Crippen LogP contribution is -2.11. The predicted octanol–water partition coefficient (Wildman–Crippen LogP) is 1.50. The van der Waals surface area contributed by atoms with Gasteiger partial charge in [-0.1, -0.05) is 0 Å². The summed E-state index contributed by atoms with van der Waals surface area (Å²) in [6.45, 7) is 3.31. The first-order valence-electron chi connectivity index (χ1n) is 7.77. The Labute approximate surface area is 149 Å². The van der Waals surface area contributed by atoms with E-state index in [-0.39, 0.29) is 17.9 Å². The number of aliphatic carboxylic acids is 1. The number of nitrogen functional groups attached to an aromatic ring is 1. The number of aromatic nitrogens is 5. The highest BCUT2D eigenvalue weighted by molar-refractivity contribution is 5.80. The van der Waals surface area contributed by atoms with E-state index in [1.54, 1.807) is 44.0 Å². The number of hydrogen-bond acceptors (Lipinski definition) is 6. The van der Waals surface area contributed by atoms with E-state index >= 15 is 0 Å². The minimum Gasteiger partial charge on any atom is -0.480 e. The Bertz CT molecular complexity index is 1060. The molecule has 3 N–H and O–H groups in total. The number of hydrogen-bond donors (Lipinski definition) is 2. The van der Waals surface area contributed by atoms with Crippen LogP contribution in [-0.2, 0) is 18.4 Å². The zero-order valence-electron chi connectivity index (χ0n) is 14.6. The molecule has 0 fully saturated rings. The topological polar surface area (TPSA) is 136 Å². The second kappa shape index (κ2) is 6.33. The van der Waals surface area contributed by atoms with E-state index in [0.29, 0.717) is 28.2 Å². The average Bonchev–Trinajstić information content (AvgIpc) is 3.10. The minimum atomic E-state index is -0.981. The van der Waals surface area contributed by atoms with Crippen LogP contribution in [-0.4, -0.2) is 35.6 Å². The van der Waals surface area contributed by atoms with Gasteiger partial charge in [-0.05, 0) is 19.9 Å². The molecule has 0 unspecified atom stereocenters. The van der Waals surface area contributed by atoms with Crippen molar-refractivity contribution in [2.75, 3.05) is 5.73 Å². The molecule has 3 rings (SSSR count). The van der Waals surface area contributed by atoms with Crippen molar-refractivity contribution in [1.29, 1.82) is 5.26 Å². The predicted molar refractivity (Wildman–Crippen MR) is 93.9 cm³/mol. The lowest BCUT2D eigenvalue weighted by molar-refractivity contribution is -0.137. The van der Waals surface area contributed by atoms with Crippen molar-refractivity contribution in [2.24, 2.45) is 7.05 Å². The molecule has 0 radical (unpaired) electrons. The summed E-state index contributed by atoms with van der Waals surface area (Å²) in [7, 11) is 1.78. The van der Waals surface area contributed by atoms with Gasteiger partial charge in [0.15, 0.2) is 0 Å². The van der Waals surface area contributed by atoms with E-state index in [1.165, 1.54) is 4.68 Å². The van der Waals surface area contributed by atoms with Gasteiger partial charge in [0.05, 0.1) is 17.6 Å². The zero-order valence-corrected chi connectivity index (χ0v) is 14.6. The molecule has 0 aliphatic heterocycles. The summed E-state index contributed by atoms with van der Waals surface area (Å²) in [6.07, 6.45) is 3.43. The molecule has 132 valence electrons. The molecule has 0 aromatic carbocycles. The third-order valence-electron chi connectivity index (χ3n) is 4.10. The second-order valence-electron chi connectivity index (χ2n) is 5.93. The molecule has 3 heterocycles. The number of nitrogens with zero attached hydrogens (tertiary/aromatic N) is 6. The fourth-order valence-electron chi connectivity index (χ4n) is 2.95. The van der Waals surface area contributed by atoms with Gasteiger partial charge in [-0.3, -0.25) is 14.2 Å². The molecule has 0 aliphatic rings. The number of carboxylic acids is 1. The molecule has 9 nitrogen and oxygen atoms in total. The highest BCUT2D eigenvalue weighted by atomic mass is 16.4. The number of pyridine rings is 1. The first-order chi connectivity index (χ1) is 12.3. The number of nitrogens with two attached hydrogens (primary N) is 1. The lowest BCUT2D eigenvalue weighted by atomic mass is 10.00. The number of nitriles is 1. The first-order valence-corrected chi connectivity index (χ1v) is 7.77. The number of rotatable bonds is 4. The molecule has 3 aromatic rings. The van der Waals surface area contributed by atoms with Crippen LogP contribution in [0.1, 0.15) is 17.0 Å². The van der Waals surface area contributed by atoms with E-state index in [2.05, 4.69) is 21.3 Å². The van der Waals surface area contributed by atoms with Gasteiger partial charge in [0.2, 0.25) is 0 Å². The van der Waals surface area contributed by atoms with Gasteiger partial charge >= 0.3 is 5.97 Å². The largest absolute Gasteiger partial charge is 0.480 e. The number of aryl methyl sites for hydroxylation is 2. The number of carbonyl (C=O) groups is 1. The Morgan fingerprint density at radius 3 is 2.73 bits per heavy atom. The summed E-state index contributed by atoms with van der Waals surface area (Å²) in [5, 5.41) is 26.9. The van der Waals surface area contributed by atoms with E-state index < -0.39 is 5.97 Å². The Kier molecular flexibility index (Phi) is 4.18.